The van der Waals surface area contributed by atoms with Crippen molar-refractivity contribution < 1.29 is 18.8 Å². The number of hydrogen-bond acceptors (Lipinski definition) is 2. The molecular formula is C10H9F2NO2. The average Bonchev–Trinajstić information content (AvgIpc) is 3.01. The van der Waals surface area contributed by atoms with Crippen molar-refractivity contribution in [3.8, 4) is 0 Å². The van der Waals surface area contributed by atoms with Gasteiger partial charge in [0.25, 0.3) is 0 Å². The highest BCUT2D eigenvalue weighted by molar-refractivity contribution is 5.81. The predicted octanol–water partition coefficient (Wildman–Crippen LogP) is 1.57. The van der Waals surface area contributed by atoms with E-state index in [1.807, 2.05) is 0 Å². The maximum Gasteiger partial charge on any atom is 0.247 e. The molecule has 2 N–H and O–H groups in total. The van der Waals surface area contributed by atoms with Crippen molar-refractivity contribution in [3.05, 3.63) is 35.4 Å². The number of carbonyl (C=O) groups excluding carboxylic acids is 1. The zero-order chi connectivity index (χ0) is 11.0. The normalized spacial score (nSPS) is 23.7. The molecule has 0 heterocycles. The summed E-state index contributed by atoms with van der Waals surface area (Å²) in [5, 5.41) is 8.37. The summed E-state index contributed by atoms with van der Waals surface area (Å²) in [7, 11) is 0. The smallest absolute Gasteiger partial charge is 0.247 e. The number of benzene rings is 1. The Bertz CT molecular complexity index is 408. The maximum absolute atomic E-state index is 12.9. The molecule has 0 aliphatic heterocycles. The first kappa shape index (κ1) is 10.0. The van der Waals surface area contributed by atoms with Gasteiger partial charge in [-0.3, -0.25) is 10.0 Å². The summed E-state index contributed by atoms with van der Waals surface area (Å²) < 4.78 is 25.5. The van der Waals surface area contributed by atoms with Crippen molar-refractivity contribution in [2.45, 2.75) is 12.3 Å². The molecule has 80 valence electrons. The lowest BCUT2D eigenvalue weighted by Crippen LogP contribution is -2.20. The molecule has 2 atom stereocenters. The van der Waals surface area contributed by atoms with Crippen LogP contribution in [-0.4, -0.2) is 11.1 Å². The van der Waals surface area contributed by atoms with Crippen molar-refractivity contribution in [1.29, 1.82) is 0 Å². The van der Waals surface area contributed by atoms with E-state index in [1.54, 1.807) is 5.48 Å². The molecule has 1 unspecified atom stereocenters. The summed E-state index contributed by atoms with van der Waals surface area (Å²) in [4.78, 5) is 11.0. The number of amides is 1. The number of rotatable bonds is 2. The molecule has 0 saturated heterocycles. The molecule has 15 heavy (non-hydrogen) atoms. The molecule has 0 spiro atoms. The van der Waals surface area contributed by atoms with Crippen LogP contribution >= 0.6 is 0 Å². The Kier molecular flexibility index (Phi) is 2.40. The first-order valence-electron chi connectivity index (χ1n) is 4.52. The van der Waals surface area contributed by atoms with Gasteiger partial charge in [0, 0.05) is 5.92 Å². The monoisotopic (exact) mass is 213 g/mol. The molecule has 1 aliphatic rings. The van der Waals surface area contributed by atoms with Crippen LogP contribution in [0.4, 0.5) is 8.78 Å². The lowest BCUT2D eigenvalue weighted by molar-refractivity contribution is -0.130. The quantitative estimate of drug-likeness (QED) is 0.578. The van der Waals surface area contributed by atoms with Gasteiger partial charge >= 0.3 is 0 Å². The summed E-state index contributed by atoms with van der Waals surface area (Å²) in [6.07, 6.45) is 0.553. The summed E-state index contributed by atoms with van der Waals surface area (Å²) in [6, 6.07) is 3.58. The second kappa shape index (κ2) is 3.58. The Balaban J connectivity index is 2.13. The number of hydroxylamine groups is 1. The molecule has 3 nitrogen and oxygen atoms in total. The van der Waals surface area contributed by atoms with Crippen LogP contribution in [0.25, 0.3) is 0 Å². The zero-order valence-electron chi connectivity index (χ0n) is 7.71. The lowest BCUT2D eigenvalue weighted by atomic mass is 10.1. The highest BCUT2D eigenvalue weighted by Gasteiger charge is 2.44. The first-order valence-corrected chi connectivity index (χ1v) is 4.52. The summed E-state index contributed by atoms with van der Waals surface area (Å²) in [5.74, 6) is -2.75. The Labute approximate surface area is 84.7 Å². The molecular weight excluding hydrogens is 204 g/mol. The van der Waals surface area contributed by atoms with Crippen molar-refractivity contribution in [2.24, 2.45) is 5.92 Å². The van der Waals surface area contributed by atoms with E-state index in [2.05, 4.69) is 0 Å². The van der Waals surface area contributed by atoms with Gasteiger partial charge in [-0.05, 0) is 30.0 Å². The Morgan fingerprint density at radius 1 is 1.40 bits per heavy atom. The largest absolute Gasteiger partial charge is 0.289 e. The third-order valence-corrected chi connectivity index (χ3v) is 2.61. The fraction of sp³-hybridized carbons (Fsp3) is 0.300. The van der Waals surface area contributed by atoms with Crippen LogP contribution in [0.5, 0.6) is 0 Å². The molecule has 1 amide bonds. The van der Waals surface area contributed by atoms with E-state index in [9.17, 15) is 13.6 Å². The van der Waals surface area contributed by atoms with Crippen molar-refractivity contribution in [3.63, 3.8) is 0 Å². The van der Waals surface area contributed by atoms with Gasteiger partial charge in [0.1, 0.15) is 0 Å². The maximum atomic E-state index is 12.9. The molecule has 1 fully saturated rings. The van der Waals surface area contributed by atoms with Gasteiger partial charge in [-0.1, -0.05) is 6.07 Å². The van der Waals surface area contributed by atoms with Crippen molar-refractivity contribution in [1.82, 2.24) is 5.48 Å². The second-order valence-electron chi connectivity index (χ2n) is 3.60. The van der Waals surface area contributed by atoms with Crippen LogP contribution < -0.4 is 5.48 Å². The Morgan fingerprint density at radius 3 is 2.73 bits per heavy atom. The Morgan fingerprint density at radius 2 is 2.13 bits per heavy atom. The predicted molar refractivity (Wildman–Crippen MR) is 47.1 cm³/mol. The van der Waals surface area contributed by atoms with Gasteiger partial charge in [0.2, 0.25) is 5.91 Å². The van der Waals surface area contributed by atoms with E-state index < -0.39 is 17.5 Å². The van der Waals surface area contributed by atoms with Crippen molar-refractivity contribution in [2.75, 3.05) is 0 Å². The van der Waals surface area contributed by atoms with Crippen LogP contribution in [0, 0.1) is 17.6 Å². The van der Waals surface area contributed by atoms with Gasteiger partial charge in [-0.15, -0.1) is 0 Å². The number of nitrogens with one attached hydrogen (secondary N) is 1. The third-order valence-electron chi connectivity index (χ3n) is 2.61. The van der Waals surface area contributed by atoms with Crippen molar-refractivity contribution >= 4 is 5.91 Å². The van der Waals surface area contributed by atoms with E-state index >= 15 is 0 Å². The number of hydrogen-bond donors (Lipinski definition) is 2. The minimum Gasteiger partial charge on any atom is -0.289 e. The standard InChI is InChI=1S/C10H9F2NO2/c11-8-2-1-5(3-9(8)12)6-4-7(6)10(14)13-15/h1-3,6-7,15H,4H2,(H,13,14)/t6?,7-/m1/s1. The molecule has 1 aromatic rings. The molecule has 2 rings (SSSR count). The summed E-state index contributed by atoms with van der Waals surface area (Å²) in [6.45, 7) is 0. The van der Waals surface area contributed by atoms with Gasteiger partial charge in [-0.2, -0.15) is 0 Å². The minimum atomic E-state index is -0.914. The topological polar surface area (TPSA) is 49.3 Å². The summed E-state index contributed by atoms with van der Waals surface area (Å²) >= 11 is 0. The van der Waals surface area contributed by atoms with E-state index in [1.165, 1.54) is 6.07 Å². The summed E-state index contributed by atoms with van der Waals surface area (Å²) in [5.41, 5.74) is 2.13. The number of halogens is 2. The van der Waals surface area contributed by atoms with Gasteiger partial charge in [-0.25, -0.2) is 14.3 Å². The highest BCUT2D eigenvalue weighted by Crippen LogP contribution is 2.47. The number of carbonyl (C=O) groups is 1. The fourth-order valence-electron chi connectivity index (χ4n) is 1.68. The molecule has 1 aromatic carbocycles. The molecule has 0 aromatic heterocycles. The van der Waals surface area contributed by atoms with E-state index in [4.69, 9.17) is 5.21 Å². The van der Waals surface area contributed by atoms with Crippen LogP contribution in [0.15, 0.2) is 18.2 Å². The highest BCUT2D eigenvalue weighted by atomic mass is 19.2. The zero-order valence-corrected chi connectivity index (χ0v) is 7.71. The molecule has 0 radical (unpaired) electrons. The van der Waals surface area contributed by atoms with Gasteiger partial charge in [0.05, 0.1) is 0 Å². The Hall–Kier alpha value is -1.49. The SMILES string of the molecule is O=C(NO)[C@@H]1CC1c1ccc(F)c(F)c1. The third kappa shape index (κ3) is 1.83. The van der Waals surface area contributed by atoms with Crippen LogP contribution in [0.3, 0.4) is 0 Å². The molecule has 0 bridgehead atoms. The molecule has 1 aliphatic carbocycles. The van der Waals surface area contributed by atoms with Crippen LogP contribution in [-0.2, 0) is 4.79 Å². The van der Waals surface area contributed by atoms with Gasteiger partial charge < -0.3 is 0 Å². The van der Waals surface area contributed by atoms with Gasteiger partial charge in [0.15, 0.2) is 11.6 Å². The minimum absolute atomic E-state index is 0.118. The fourth-order valence-corrected chi connectivity index (χ4v) is 1.68. The van der Waals surface area contributed by atoms with Crippen LogP contribution in [0.2, 0.25) is 0 Å². The average molecular weight is 213 g/mol. The van der Waals surface area contributed by atoms with Crippen LogP contribution in [0.1, 0.15) is 17.9 Å². The van der Waals surface area contributed by atoms with E-state index in [0.29, 0.717) is 12.0 Å². The lowest BCUT2D eigenvalue weighted by Gasteiger charge is -2.00. The molecule has 1 saturated carbocycles. The van der Waals surface area contributed by atoms with E-state index in [0.717, 1.165) is 12.1 Å². The van der Waals surface area contributed by atoms with E-state index in [-0.39, 0.29) is 11.8 Å². The first-order chi connectivity index (χ1) is 7.13. The second-order valence-corrected chi connectivity index (χ2v) is 3.60. The molecule has 5 heteroatoms.